The summed E-state index contributed by atoms with van der Waals surface area (Å²) in [5.74, 6) is 0. The molecule has 0 nitrogen and oxygen atoms in total. The van der Waals surface area contributed by atoms with Crippen LogP contribution in [0.5, 0.6) is 0 Å². The van der Waals surface area contributed by atoms with Crippen molar-refractivity contribution in [1.82, 2.24) is 0 Å². The molecule has 0 aromatic rings. The second-order valence-electron chi connectivity index (χ2n) is 1.64. The van der Waals surface area contributed by atoms with Crippen LogP contribution in [0.2, 0.25) is 0 Å². The molecule has 2 aliphatic rings. The fourth-order valence-electron chi connectivity index (χ4n) is 0.506. The molecule has 1 saturated heterocycles. The van der Waals surface area contributed by atoms with Gasteiger partial charge < -0.3 is 0 Å². The maximum absolute atomic E-state index is 2.84. The van der Waals surface area contributed by atoms with Gasteiger partial charge in [-0.05, 0) is 5.66 Å². The minimum Gasteiger partial charge on any atom is -0.151 e. The van der Waals surface area contributed by atoms with Crippen molar-refractivity contribution in [2.75, 3.05) is 0 Å². The van der Waals surface area contributed by atoms with Crippen molar-refractivity contribution < 1.29 is 0 Å². The Morgan fingerprint density at radius 3 is 1.80 bits per heavy atom. The molecule has 1 aliphatic heterocycles. The highest BCUT2D eigenvalue weighted by Gasteiger charge is 2.63. The first kappa shape index (κ1) is 2.87. The van der Waals surface area contributed by atoms with E-state index >= 15 is 0 Å². The number of hydrogen-bond donors (Lipinski definition) is 0. The molecule has 1 aliphatic carbocycles. The lowest BCUT2D eigenvalue weighted by atomic mass is 10.9. The first-order valence-electron chi connectivity index (χ1n) is 1.80. The second kappa shape index (κ2) is 0.588. The summed E-state index contributed by atoms with van der Waals surface area (Å²) in [6.45, 7) is 0. The minimum absolute atomic E-state index is 1.03. The summed E-state index contributed by atoms with van der Waals surface area (Å²) in [5, 5.41) is 2.19. The largest absolute Gasteiger partial charge is 0.151 e. The normalized spacial score (nSPS) is 70.2. The van der Waals surface area contributed by atoms with E-state index in [0.29, 0.717) is 0 Å². The van der Waals surface area contributed by atoms with Gasteiger partial charge in [0.15, 0.2) is 0 Å². The standard InChI is InChI=1S/C3H5PS/c4-1-2-3(1)5-2/h1-3H,4H2/t1?,2-,3?/m1/s1. The molecule has 0 spiro atoms. The molecule has 28 valence electrons. The summed E-state index contributed by atoms with van der Waals surface area (Å²) in [6.07, 6.45) is 0. The summed E-state index contributed by atoms with van der Waals surface area (Å²) >= 11 is 2.11. The monoisotopic (exact) mass is 104 g/mol. The van der Waals surface area contributed by atoms with Gasteiger partial charge in [0.2, 0.25) is 0 Å². The van der Waals surface area contributed by atoms with E-state index in [1.807, 2.05) is 0 Å². The lowest BCUT2D eigenvalue weighted by molar-refractivity contribution is 1.50. The number of hydrogen-bond acceptors (Lipinski definition) is 1. The number of rotatable bonds is 0. The van der Waals surface area contributed by atoms with Gasteiger partial charge in [-0.2, -0.15) is 11.8 Å². The van der Waals surface area contributed by atoms with E-state index < -0.39 is 0 Å². The molecule has 1 heterocycles. The van der Waals surface area contributed by atoms with Crippen LogP contribution in [0.1, 0.15) is 0 Å². The van der Waals surface area contributed by atoms with Crippen molar-refractivity contribution in [3.63, 3.8) is 0 Å². The molecule has 0 aromatic heterocycles. The molecule has 0 aromatic carbocycles. The zero-order valence-electron chi connectivity index (χ0n) is 2.72. The Bertz CT molecular complexity index is 58.5. The zero-order valence-corrected chi connectivity index (χ0v) is 4.69. The Labute approximate surface area is 37.9 Å². The topological polar surface area (TPSA) is 0 Å². The van der Waals surface area contributed by atoms with Crippen LogP contribution in [-0.2, 0) is 0 Å². The summed E-state index contributed by atoms with van der Waals surface area (Å²) in [7, 11) is 2.84. The molecule has 4 atom stereocenters. The summed E-state index contributed by atoms with van der Waals surface area (Å²) in [6, 6.07) is 0. The van der Waals surface area contributed by atoms with Crippen molar-refractivity contribution in [2.45, 2.75) is 16.2 Å². The van der Waals surface area contributed by atoms with Crippen LogP contribution in [0.4, 0.5) is 0 Å². The van der Waals surface area contributed by atoms with Crippen molar-refractivity contribution in [2.24, 2.45) is 0 Å². The smallest absolute Gasteiger partial charge is 0.0250 e. The van der Waals surface area contributed by atoms with E-state index in [0.717, 1.165) is 16.2 Å². The molecule has 2 heteroatoms. The molecular weight excluding hydrogens is 99.1 g/mol. The highest BCUT2D eigenvalue weighted by atomic mass is 32.2. The van der Waals surface area contributed by atoms with E-state index in [-0.39, 0.29) is 0 Å². The van der Waals surface area contributed by atoms with Gasteiger partial charge in [0.1, 0.15) is 0 Å². The second-order valence-corrected chi connectivity index (χ2v) is 3.77. The summed E-state index contributed by atoms with van der Waals surface area (Å²) in [5.41, 5.74) is 1.03. The van der Waals surface area contributed by atoms with Crippen molar-refractivity contribution in [1.29, 1.82) is 0 Å². The Morgan fingerprint density at radius 1 is 1.40 bits per heavy atom. The van der Waals surface area contributed by atoms with Gasteiger partial charge >= 0.3 is 0 Å². The molecule has 0 radical (unpaired) electrons. The van der Waals surface area contributed by atoms with Gasteiger partial charge in [-0.1, -0.05) is 0 Å². The first-order chi connectivity index (χ1) is 2.39. The molecule has 3 unspecified atom stereocenters. The minimum atomic E-state index is 1.03. The maximum Gasteiger partial charge on any atom is 0.0250 e. The quantitative estimate of drug-likeness (QED) is 0.322. The third-order valence-electron chi connectivity index (χ3n) is 1.18. The van der Waals surface area contributed by atoms with Gasteiger partial charge in [0, 0.05) is 10.5 Å². The lowest BCUT2D eigenvalue weighted by Crippen LogP contribution is -1.75. The third-order valence-corrected chi connectivity index (χ3v) is 4.10. The predicted molar refractivity (Wildman–Crippen MR) is 28.7 cm³/mol. The average Bonchev–Trinajstić information content (AvgIpc) is 2.11. The Hall–Kier alpha value is 0.780. The first-order valence-corrected chi connectivity index (χ1v) is 3.41. The molecule has 5 heavy (non-hydrogen) atoms. The van der Waals surface area contributed by atoms with Crippen molar-refractivity contribution >= 4 is 21.0 Å². The van der Waals surface area contributed by atoms with Gasteiger partial charge in [-0.15, -0.1) is 9.24 Å². The van der Waals surface area contributed by atoms with Crippen LogP contribution in [0.15, 0.2) is 0 Å². The van der Waals surface area contributed by atoms with E-state index in [2.05, 4.69) is 21.0 Å². The van der Waals surface area contributed by atoms with Crippen LogP contribution in [0.25, 0.3) is 0 Å². The van der Waals surface area contributed by atoms with Crippen molar-refractivity contribution in [3.05, 3.63) is 0 Å². The fourth-order valence-corrected chi connectivity index (χ4v) is 2.61. The molecular formula is C3H5PS. The van der Waals surface area contributed by atoms with Gasteiger partial charge in [-0.3, -0.25) is 0 Å². The predicted octanol–water partition coefficient (Wildman–Crippen LogP) is 0.728. The Kier molecular flexibility index (Phi) is 0.338. The van der Waals surface area contributed by atoms with Crippen LogP contribution in [0.3, 0.4) is 0 Å². The van der Waals surface area contributed by atoms with Gasteiger partial charge in [0.05, 0.1) is 0 Å². The van der Waals surface area contributed by atoms with Gasteiger partial charge in [-0.25, -0.2) is 0 Å². The number of fused-ring (bicyclic) bond motifs is 1. The Balaban J connectivity index is 2.19. The average molecular weight is 104 g/mol. The van der Waals surface area contributed by atoms with E-state index in [9.17, 15) is 0 Å². The molecule has 0 N–H and O–H groups in total. The summed E-state index contributed by atoms with van der Waals surface area (Å²) < 4.78 is 0. The molecule has 0 bridgehead atoms. The molecule has 1 saturated carbocycles. The molecule has 2 fully saturated rings. The lowest BCUT2D eigenvalue weighted by Gasteiger charge is -1.81. The van der Waals surface area contributed by atoms with Crippen LogP contribution in [-0.4, -0.2) is 16.2 Å². The number of thioether (sulfide) groups is 1. The summed E-state index contributed by atoms with van der Waals surface area (Å²) in [4.78, 5) is 0. The highest BCUT2D eigenvalue weighted by Crippen LogP contribution is 2.66. The van der Waals surface area contributed by atoms with E-state index in [1.165, 1.54) is 0 Å². The third kappa shape index (κ3) is 0.226. The van der Waals surface area contributed by atoms with Gasteiger partial charge in [0.25, 0.3) is 0 Å². The molecule has 2 rings (SSSR count). The fraction of sp³-hybridized carbons (Fsp3) is 1.00. The van der Waals surface area contributed by atoms with E-state index in [1.54, 1.807) is 0 Å². The van der Waals surface area contributed by atoms with Crippen LogP contribution in [0, 0.1) is 0 Å². The Morgan fingerprint density at radius 2 is 1.80 bits per heavy atom. The zero-order chi connectivity index (χ0) is 3.44. The maximum atomic E-state index is 2.84. The highest BCUT2D eigenvalue weighted by molar-refractivity contribution is 8.10. The van der Waals surface area contributed by atoms with E-state index in [4.69, 9.17) is 0 Å². The molecule has 0 amide bonds. The van der Waals surface area contributed by atoms with Crippen molar-refractivity contribution in [3.8, 4) is 0 Å². The van der Waals surface area contributed by atoms with Crippen LogP contribution < -0.4 is 0 Å². The van der Waals surface area contributed by atoms with Crippen LogP contribution >= 0.6 is 21.0 Å². The SMILES string of the molecule is PC1C2S[C@H]12.